The molecular formula is C74H139NO10. The molecule has 0 bridgehead atoms. The van der Waals surface area contributed by atoms with Gasteiger partial charge in [0.1, 0.15) is 24.4 Å². The van der Waals surface area contributed by atoms with E-state index >= 15 is 0 Å². The molecule has 0 saturated carbocycles. The first-order chi connectivity index (χ1) is 41.7. The average molecular weight is 1200 g/mol. The van der Waals surface area contributed by atoms with Crippen LogP contribution in [0, 0.1) is 0 Å². The average Bonchev–Trinajstić information content (AvgIpc) is 3.34. The van der Waals surface area contributed by atoms with E-state index in [9.17, 15) is 35.1 Å². The fourth-order valence-corrected chi connectivity index (χ4v) is 11.7. The highest BCUT2D eigenvalue weighted by Crippen LogP contribution is 2.23. The molecule has 7 unspecified atom stereocenters. The Morgan fingerprint density at radius 2 is 0.788 bits per heavy atom. The van der Waals surface area contributed by atoms with Crippen molar-refractivity contribution in [3.8, 4) is 0 Å². The normalized spacial score (nSPS) is 18.1. The van der Waals surface area contributed by atoms with Crippen LogP contribution in [0.1, 0.15) is 361 Å². The molecular weight excluding hydrogens is 1060 g/mol. The molecule has 0 aromatic heterocycles. The van der Waals surface area contributed by atoms with E-state index in [0.717, 1.165) is 57.8 Å². The third-order valence-corrected chi connectivity index (χ3v) is 17.5. The summed E-state index contributed by atoms with van der Waals surface area (Å²) in [6.07, 6.45) is 71.8. The largest absolute Gasteiger partial charge is 0.466 e. The van der Waals surface area contributed by atoms with Gasteiger partial charge < -0.3 is 45.1 Å². The topological polar surface area (TPSA) is 175 Å². The second kappa shape index (κ2) is 63.4. The van der Waals surface area contributed by atoms with E-state index in [1.807, 2.05) is 6.08 Å². The maximum atomic E-state index is 13.0. The fraction of sp³-hybridized carbons (Fsp3) is 0.892. The second-order valence-corrected chi connectivity index (χ2v) is 25.7. The minimum Gasteiger partial charge on any atom is -0.466 e. The lowest BCUT2D eigenvalue weighted by Crippen LogP contribution is -2.60. The van der Waals surface area contributed by atoms with Crippen LogP contribution in [-0.2, 0) is 23.8 Å². The van der Waals surface area contributed by atoms with Gasteiger partial charge in [0.05, 0.1) is 32.0 Å². The van der Waals surface area contributed by atoms with Crippen molar-refractivity contribution in [2.75, 3.05) is 19.8 Å². The van der Waals surface area contributed by atoms with Gasteiger partial charge in [0, 0.05) is 12.8 Å². The van der Waals surface area contributed by atoms with Crippen LogP contribution in [-0.4, -0.2) is 100 Å². The lowest BCUT2D eigenvalue weighted by atomic mass is 9.99. The summed E-state index contributed by atoms with van der Waals surface area (Å²) in [7, 11) is 0. The number of aliphatic hydroxyl groups is 5. The van der Waals surface area contributed by atoms with E-state index in [1.54, 1.807) is 6.08 Å². The molecule has 1 amide bonds. The van der Waals surface area contributed by atoms with E-state index in [2.05, 4.69) is 43.5 Å². The standard InChI is InChI=1S/C74H139NO10/c1-3-5-7-9-11-13-41-46-50-54-58-62-70(79)83-63-59-55-51-47-43-40-38-36-34-32-30-28-26-24-22-20-18-16-14-15-17-19-21-23-25-27-29-31-33-35-37-39-42-45-49-53-57-61-69(78)75-66(67(77)60-56-52-48-44-12-10-8-6-4-2)65-84-74-73(82)72(81)71(80)68(64-76)85-74/h14,16,20,22,56,60,66-68,71-74,76-77,80-82H,3-13,15,17-19,21,23-55,57-59,61-65H2,1-2H3,(H,75,78)/b16-14-,22-20-,60-56+. The molecule has 0 aromatic carbocycles. The van der Waals surface area contributed by atoms with Crippen LogP contribution in [0.2, 0.25) is 0 Å². The summed E-state index contributed by atoms with van der Waals surface area (Å²) >= 11 is 0. The molecule has 11 heteroatoms. The molecule has 1 saturated heterocycles. The number of rotatable bonds is 65. The van der Waals surface area contributed by atoms with Crippen LogP contribution in [0.15, 0.2) is 36.5 Å². The Hall–Kier alpha value is -2.12. The highest BCUT2D eigenvalue weighted by atomic mass is 16.7. The predicted molar refractivity (Wildman–Crippen MR) is 357 cm³/mol. The number of hydrogen-bond acceptors (Lipinski definition) is 10. The van der Waals surface area contributed by atoms with Gasteiger partial charge in [-0.2, -0.15) is 0 Å². The predicted octanol–water partition coefficient (Wildman–Crippen LogP) is 19.0. The number of hydrogen-bond donors (Lipinski definition) is 6. The molecule has 0 aromatic rings. The van der Waals surface area contributed by atoms with Gasteiger partial charge in [-0.25, -0.2) is 0 Å². The summed E-state index contributed by atoms with van der Waals surface area (Å²) in [5.41, 5.74) is 0. The van der Waals surface area contributed by atoms with Gasteiger partial charge in [-0.15, -0.1) is 0 Å². The zero-order valence-electron chi connectivity index (χ0n) is 55.6. The first-order valence-corrected chi connectivity index (χ1v) is 36.8. The molecule has 0 radical (unpaired) electrons. The molecule has 85 heavy (non-hydrogen) atoms. The van der Waals surface area contributed by atoms with Crippen LogP contribution in [0.4, 0.5) is 0 Å². The molecule has 1 aliphatic heterocycles. The van der Waals surface area contributed by atoms with E-state index in [0.29, 0.717) is 19.4 Å². The summed E-state index contributed by atoms with van der Waals surface area (Å²) in [5.74, 6) is -0.167. The number of amides is 1. The monoisotopic (exact) mass is 1200 g/mol. The first-order valence-electron chi connectivity index (χ1n) is 36.8. The van der Waals surface area contributed by atoms with Crippen molar-refractivity contribution in [2.45, 2.75) is 403 Å². The SMILES string of the molecule is CCCCCCCCC/C=C/C(O)C(COC1OC(CO)C(O)C(O)C1O)NC(=O)CCCCCCCCCCCCCCCCCCC/C=C\C/C=C\CCCCCCCCCCCCCCCOC(=O)CCCCCCCCCCCCC. The Morgan fingerprint density at radius 3 is 1.19 bits per heavy atom. The number of nitrogens with one attached hydrogen (secondary N) is 1. The molecule has 1 fully saturated rings. The summed E-state index contributed by atoms with van der Waals surface area (Å²) < 4.78 is 16.7. The van der Waals surface area contributed by atoms with Crippen LogP contribution in [0.3, 0.4) is 0 Å². The number of esters is 1. The van der Waals surface area contributed by atoms with Crippen LogP contribution >= 0.6 is 0 Å². The summed E-state index contributed by atoms with van der Waals surface area (Å²) in [5, 5.41) is 54.3. The number of unbranched alkanes of at least 4 members (excludes halogenated alkanes) is 47. The van der Waals surface area contributed by atoms with Crippen molar-refractivity contribution < 1.29 is 49.3 Å². The van der Waals surface area contributed by atoms with Crippen molar-refractivity contribution in [1.82, 2.24) is 5.32 Å². The highest BCUT2D eigenvalue weighted by molar-refractivity contribution is 5.76. The third kappa shape index (κ3) is 52.4. The van der Waals surface area contributed by atoms with Gasteiger partial charge in [0.2, 0.25) is 5.91 Å². The Morgan fingerprint density at radius 1 is 0.435 bits per heavy atom. The Bertz CT molecular complexity index is 1510. The van der Waals surface area contributed by atoms with E-state index in [4.69, 9.17) is 14.2 Å². The second-order valence-electron chi connectivity index (χ2n) is 25.7. The van der Waals surface area contributed by atoms with Crippen molar-refractivity contribution in [3.63, 3.8) is 0 Å². The number of ether oxygens (including phenoxy) is 3. The van der Waals surface area contributed by atoms with Crippen molar-refractivity contribution in [2.24, 2.45) is 0 Å². The number of aliphatic hydroxyl groups excluding tert-OH is 5. The molecule has 1 rings (SSSR count). The Balaban J connectivity index is 1.90. The van der Waals surface area contributed by atoms with Gasteiger partial charge in [-0.05, 0) is 64.2 Å². The summed E-state index contributed by atoms with van der Waals surface area (Å²) in [6, 6.07) is -0.806. The molecule has 0 aliphatic carbocycles. The molecule has 6 N–H and O–H groups in total. The van der Waals surface area contributed by atoms with Gasteiger partial charge in [0.15, 0.2) is 6.29 Å². The first kappa shape index (κ1) is 80.9. The van der Waals surface area contributed by atoms with Crippen molar-refractivity contribution >= 4 is 11.9 Å². The quantitative estimate of drug-likeness (QED) is 0.0195. The number of allylic oxidation sites excluding steroid dienone is 5. The van der Waals surface area contributed by atoms with Crippen molar-refractivity contribution in [1.29, 1.82) is 0 Å². The van der Waals surface area contributed by atoms with Crippen LogP contribution in [0.25, 0.3) is 0 Å². The van der Waals surface area contributed by atoms with E-state index in [1.165, 1.54) is 276 Å². The zero-order chi connectivity index (χ0) is 61.6. The van der Waals surface area contributed by atoms with Gasteiger partial charge in [-0.1, -0.05) is 320 Å². The molecule has 7 atom stereocenters. The van der Waals surface area contributed by atoms with Gasteiger partial charge in [-0.3, -0.25) is 9.59 Å². The molecule has 1 heterocycles. The number of carbonyl (C=O) groups excluding carboxylic acids is 2. The molecule has 500 valence electrons. The van der Waals surface area contributed by atoms with Crippen LogP contribution < -0.4 is 5.32 Å². The van der Waals surface area contributed by atoms with Gasteiger partial charge in [0.25, 0.3) is 0 Å². The smallest absolute Gasteiger partial charge is 0.305 e. The number of carbonyl (C=O) groups is 2. The fourth-order valence-electron chi connectivity index (χ4n) is 11.7. The third-order valence-electron chi connectivity index (χ3n) is 17.5. The van der Waals surface area contributed by atoms with Gasteiger partial charge >= 0.3 is 5.97 Å². The zero-order valence-corrected chi connectivity index (χ0v) is 55.6. The van der Waals surface area contributed by atoms with E-state index in [-0.39, 0.29) is 18.5 Å². The Labute approximate surface area is 523 Å². The highest BCUT2D eigenvalue weighted by Gasteiger charge is 2.44. The van der Waals surface area contributed by atoms with E-state index < -0.39 is 49.5 Å². The van der Waals surface area contributed by atoms with Crippen LogP contribution in [0.5, 0.6) is 0 Å². The summed E-state index contributed by atoms with van der Waals surface area (Å²) in [6.45, 7) is 4.35. The Kier molecular flexibility index (Phi) is 60.4. The lowest BCUT2D eigenvalue weighted by Gasteiger charge is -2.40. The molecule has 11 nitrogen and oxygen atoms in total. The molecule has 1 aliphatic rings. The molecule has 0 spiro atoms. The van der Waals surface area contributed by atoms with Crippen molar-refractivity contribution in [3.05, 3.63) is 36.5 Å². The maximum absolute atomic E-state index is 13.0. The summed E-state index contributed by atoms with van der Waals surface area (Å²) in [4.78, 5) is 25.0. The lowest BCUT2D eigenvalue weighted by molar-refractivity contribution is -0.302. The minimum atomic E-state index is -1.57. The minimum absolute atomic E-state index is 0.0125. The maximum Gasteiger partial charge on any atom is 0.305 e.